The SMILES string of the molecule is COc1ccc(N2N=C(C)[C@H](CCC(=O)O)C2=O)cc1. The van der Waals surface area contributed by atoms with Crippen LogP contribution in [-0.2, 0) is 9.59 Å². The van der Waals surface area contributed by atoms with Crippen molar-refractivity contribution in [3.63, 3.8) is 0 Å². The van der Waals surface area contributed by atoms with Crippen LogP contribution in [0.25, 0.3) is 0 Å². The lowest BCUT2D eigenvalue weighted by Crippen LogP contribution is -2.27. The van der Waals surface area contributed by atoms with E-state index in [2.05, 4.69) is 5.10 Å². The van der Waals surface area contributed by atoms with Crippen molar-refractivity contribution in [3.05, 3.63) is 24.3 Å². The highest BCUT2D eigenvalue weighted by atomic mass is 16.5. The maximum Gasteiger partial charge on any atom is 0.303 e. The number of hydrogen-bond acceptors (Lipinski definition) is 4. The zero-order valence-corrected chi connectivity index (χ0v) is 11.4. The van der Waals surface area contributed by atoms with Gasteiger partial charge < -0.3 is 9.84 Å². The molecule has 0 aliphatic carbocycles. The number of anilines is 1. The molecule has 1 aromatic carbocycles. The van der Waals surface area contributed by atoms with Crippen LogP contribution in [-0.4, -0.2) is 29.8 Å². The second kappa shape index (κ2) is 5.73. The van der Waals surface area contributed by atoms with Gasteiger partial charge in [-0.2, -0.15) is 5.10 Å². The number of benzene rings is 1. The van der Waals surface area contributed by atoms with Crippen LogP contribution in [0.15, 0.2) is 29.4 Å². The maximum absolute atomic E-state index is 12.3. The second-order valence-corrected chi connectivity index (χ2v) is 4.57. The van der Waals surface area contributed by atoms with Crippen LogP contribution in [0.1, 0.15) is 19.8 Å². The molecule has 106 valence electrons. The van der Waals surface area contributed by atoms with Crippen LogP contribution < -0.4 is 9.75 Å². The summed E-state index contributed by atoms with van der Waals surface area (Å²) in [4.78, 5) is 22.9. The molecule has 0 fully saturated rings. The first kappa shape index (κ1) is 14.0. The van der Waals surface area contributed by atoms with Gasteiger partial charge in [0.2, 0.25) is 0 Å². The van der Waals surface area contributed by atoms with Crippen molar-refractivity contribution in [1.82, 2.24) is 0 Å². The van der Waals surface area contributed by atoms with Gasteiger partial charge in [0.05, 0.1) is 18.7 Å². The zero-order chi connectivity index (χ0) is 14.7. The Morgan fingerprint density at radius 1 is 1.40 bits per heavy atom. The van der Waals surface area contributed by atoms with Gasteiger partial charge in [-0.05, 0) is 37.6 Å². The topological polar surface area (TPSA) is 79.2 Å². The van der Waals surface area contributed by atoms with Crippen LogP contribution >= 0.6 is 0 Å². The van der Waals surface area contributed by atoms with Crippen molar-refractivity contribution in [3.8, 4) is 5.75 Å². The molecular formula is C14H16N2O4. The number of carboxylic acid groups (broad SMARTS) is 1. The fraction of sp³-hybridized carbons (Fsp3) is 0.357. The molecule has 0 aromatic heterocycles. The fourth-order valence-electron chi connectivity index (χ4n) is 2.11. The van der Waals surface area contributed by atoms with E-state index in [9.17, 15) is 9.59 Å². The van der Waals surface area contributed by atoms with Crippen molar-refractivity contribution >= 4 is 23.3 Å². The molecule has 1 amide bonds. The Labute approximate surface area is 116 Å². The smallest absolute Gasteiger partial charge is 0.303 e. The minimum atomic E-state index is -0.909. The van der Waals surface area contributed by atoms with Gasteiger partial charge in [0.1, 0.15) is 5.75 Å². The van der Waals surface area contributed by atoms with Crippen molar-refractivity contribution in [2.24, 2.45) is 11.0 Å². The van der Waals surface area contributed by atoms with E-state index in [1.165, 1.54) is 5.01 Å². The number of carbonyl (C=O) groups is 2. The molecule has 1 aliphatic heterocycles. The van der Waals surface area contributed by atoms with Gasteiger partial charge in [0.25, 0.3) is 5.91 Å². The molecule has 6 heteroatoms. The summed E-state index contributed by atoms with van der Waals surface area (Å²) < 4.78 is 5.06. The van der Waals surface area contributed by atoms with Crippen LogP contribution in [0, 0.1) is 5.92 Å². The Bertz CT molecular complexity index is 551. The van der Waals surface area contributed by atoms with Gasteiger partial charge in [-0.3, -0.25) is 9.59 Å². The van der Waals surface area contributed by atoms with E-state index in [1.54, 1.807) is 38.3 Å². The van der Waals surface area contributed by atoms with Gasteiger partial charge in [0.15, 0.2) is 0 Å². The first-order valence-electron chi connectivity index (χ1n) is 6.28. The summed E-state index contributed by atoms with van der Waals surface area (Å²) in [5.41, 5.74) is 1.29. The van der Waals surface area contributed by atoms with Crippen LogP contribution in [0.2, 0.25) is 0 Å². The Morgan fingerprint density at radius 3 is 2.60 bits per heavy atom. The van der Waals surface area contributed by atoms with Crippen molar-refractivity contribution in [1.29, 1.82) is 0 Å². The minimum Gasteiger partial charge on any atom is -0.497 e. The third-order valence-electron chi connectivity index (χ3n) is 3.23. The number of rotatable bonds is 5. The Kier molecular flexibility index (Phi) is 4.02. The van der Waals surface area contributed by atoms with Gasteiger partial charge in [-0.25, -0.2) is 5.01 Å². The summed E-state index contributed by atoms with van der Waals surface area (Å²) in [7, 11) is 1.57. The average Bonchev–Trinajstić information content (AvgIpc) is 2.72. The summed E-state index contributed by atoms with van der Waals surface area (Å²) in [6.45, 7) is 1.74. The van der Waals surface area contributed by atoms with E-state index < -0.39 is 11.9 Å². The van der Waals surface area contributed by atoms with Crippen LogP contribution in [0.4, 0.5) is 5.69 Å². The Morgan fingerprint density at radius 2 is 2.05 bits per heavy atom. The lowest BCUT2D eigenvalue weighted by molar-refractivity contribution is -0.137. The molecule has 0 saturated carbocycles. The molecular weight excluding hydrogens is 260 g/mol. The number of methoxy groups -OCH3 is 1. The number of carboxylic acids is 1. The molecule has 2 rings (SSSR count). The summed E-state index contributed by atoms with van der Waals surface area (Å²) in [5, 5.41) is 14.3. The highest BCUT2D eigenvalue weighted by Crippen LogP contribution is 2.27. The van der Waals surface area contributed by atoms with Crippen LogP contribution in [0.3, 0.4) is 0 Å². The monoisotopic (exact) mass is 276 g/mol. The molecule has 0 spiro atoms. The average molecular weight is 276 g/mol. The zero-order valence-electron chi connectivity index (χ0n) is 11.4. The molecule has 6 nitrogen and oxygen atoms in total. The van der Waals surface area contributed by atoms with E-state index in [-0.39, 0.29) is 18.7 Å². The Balaban J connectivity index is 2.14. The standard InChI is InChI=1S/C14H16N2O4/c1-9-12(7-8-13(17)18)14(19)16(15-9)10-3-5-11(20-2)6-4-10/h3-6,12H,7-8H2,1-2H3,(H,17,18)/t12-/m0/s1. The van der Waals surface area contributed by atoms with E-state index >= 15 is 0 Å². The van der Waals surface area contributed by atoms with Gasteiger partial charge in [-0.1, -0.05) is 0 Å². The maximum atomic E-state index is 12.3. The first-order valence-corrected chi connectivity index (χ1v) is 6.28. The lowest BCUT2D eigenvalue weighted by atomic mass is 9.98. The highest BCUT2D eigenvalue weighted by Gasteiger charge is 2.34. The van der Waals surface area contributed by atoms with Gasteiger partial charge in [0, 0.05) is 12.1 Å². The first-order chi connectivity index (χ1) is 9.52. The molecule has 0 saturated heterocycles. The number of ether oxygens (including phenoxy) is 1. The lowest BCUT2D eigenvalue weighted by Gasteiger charge is -2.14. The second-order valence-electron chi connectivity index (χ2n) is 4.57. The number of amides is 1. The van der Waals surface area contributed by atoms with E-state index in [4.69, 9.17) is 9.84 Å². The molecule has 1 N–H and O–H groups in total. The number of aliphatic carboxylic acids is 1. The molecule has 0 radical (unpaired) electrons. The van der Waals surface area contributed by atoms with Crippen molar-refractivity contribution in [2.45, 2.75) is 19.8 Å². The van der Waals surface area contributed by atoms with Crippen molar-refractivity contribution < 1.29 is 19.4 Å². The van der Waals surface area contributed by atoms with E-state index in [0.29, 0.717) is 17.1 Å². The van der Waals surface area contributed by atoms with E-state index in [0.717, 1.165) is 0 Å². The molecule has 1 aromatic rings. The van der Waals surface area contributed by atoms with Crippen LogP contribution in [0.5, 0.6) is 5.75 Å². The van der Waals surface area contributed by atoms with Crippen molar-refractivity contribution in [2.75, 3.05) is 12.1 Å². The predicted molar refractivity (Wildman–Crippen MR) is 73.9 cm³/mol. The summed E-state index contributed by atoms with van der Waals surface area (Å²) in [6, 6.07) is 6.98. The summed E-state index contributed by atoms with van der Waals surface area (Å²) in [6.07, 6.45) is 0.232. The quantitative estimate of drug-likeness (QED) is 0.890. The summed E-state index contributed by atoms with van der Waals surface area (Å²) >= 11 is 0. The molecule has 0 bridgehead atoms. The van der Waals surface area contributed by atoms with Gasteiger partial charge in [-0.15, -0.1) is 0 Å². The summed E-state index contributed by atoms with van der Waals surface area (Å²) in [5.74, 6) is -0.848. The number of hydrogen-bond donors (Lipinski definition) is 1. The predicted octanol–water partition coefficient (Wildman–Crippen LogP) is 1.90. The number of hydrazone groups is 1. The molecule has 1 heterocycles. The third kappa shape index (κ3) is 2.79. The normalized spacial score (nSPS) is 18.1. The molecule has 1 aliphatic rings. The third-order valence-corrected chi connectivity index (χ3v) is 3.23. The molecule has 1 atom stereocenters. The Hall–Kier alpha value is -2.37. The molecule has 0 unspecified atom stereocenters. The van der Waals surface area contributed by atoms with E-state index in [1.807, 2.05) is 0 Å². The fourth-order valence-corrected chi connectivity index (χ4v) is 2.11. The largest absolute Gasteiger partial charge is 0.497 e. The van der Waals surface area contributed by atoms with Gasteiger partial charge >= 0.3 is 5.97 Å². The number of nitrogens with zero attached hydrogens (tertiary/aromatic N) is 2. The number of carbonyl (C=O) groups excluding carboxylic acids is 1. The highest BCUT2D eigenvalue weighted by molar-refractivity contribution is 6.14. The minimum absolute atomic E-state index is 0.0419. The molecule has 20 heavy (non-hydrogen) atoms.